The molecule has 0 atom stereocenters. The van der Waals surface area contributed by atoms with E-state index >= 15 is 0 Å². The van der Waals surface area contributed by atoms with Crippen molar-refractivity contribution in [3.63, 3.8) is 0 Å². The van der Waals surface area contributed by atoms with Gasteiger partial charge in [-0.25, -0.2) is 4.79 Å². The minimum atomic E-state index is -0.398. The van der Waals surface area contributed by atoms with Crippen molar-refractivity contribution in [1.29, 1.82) is 0 Å². The van der Waals surface area contributed by atoms with Crippen LogP contribution in [0.2, 0.25) is 0 Å². The lowest BCUT2D eigenvalue weighted by Crippen LogP contribution is -2.05. The summed E-state index contributed by atoms with van der Waals surface area (Å²) in [5.41, 5.74) is 6.67. The minimum Gasteiger partial charge on any atom is -0.491 e. The average Bonchev–Trinajstić information content (AvgIpc) is 2.35. The van der Waals surface area contributed by atoms with Gasteiger partial charge in [-0.2, -0.15) is 11.8 Å². The van der Waals surface area contributed by atoms with Crippen molar-refractivity contribution < 1.29 is 14.3 Å². The Morgan fingerprint density at radius 2 is 2.24 bits per heavy atom. The van der Waals surface area contributed by atoms with Gasteiger partial charge in [-0.3, -0.25) is 0 Å². The normalized spacial score (nSPS) is 10.0. The maximum atomic E-state index is 11.3. The molecule has 0 aliphatic rings. The van der Waals surface area contributed by atoms with Gasteiger partial charge in [0.1, 0.15) is 5.75 Å². The molecule has 1 aromatic rings. The number of rotatable bonds is 6. The summed E-state index contributed by atoms with van der Waals surface area (Å²) in [6.45, 7) is 2.71. The average molecular weight is 255 g/mol. The van der Waals surface area contributed by atoms with Crippen LogP contribution in [0.15, 0.2) is 18.2 Å². The highest BCUT2D eigenvalue weighted by molar-refractivity contribution is 7.99. The molecule has 1 aromatic carbocycles. The largest absolute Gasteiger partial charge is 0.491 e. The minimum absolute atomic E-state index is 0.398. The molecule has 2 N–H and O–H groups in total. The van der Waals surface area contributed by atoms with Gasteiger partial charge in [0.05, 0.1) is 25.0 Å². The third kappa shape index (κ3) is 4.19. The van der Waals surface area contributed by atoms with Crippen molar-refractivity contribution >= 4 is 23.4 Å². The number of carbonyl (C=O) groups excluding carboxylic acids is 1. The first kappa shape index (κ1) is 13.7. The molecule has 0 radical (unpaired) electrons. The Labute approximate surface area is 105 Å². The van der Waals surface area contributed by atoms with Crippen LogP contribution in [0.5, 0.6) is 5.75 Å². The molecule has 0 saturated heterocycles. The van der Waals surface area contributed by atoms with Gasteiger partial charge in [0, 0.05) is 5.75 Å². The van der Waals surface area contributed by atoms with Gasteiger partial charge in [-0.15, -0.1) is 0 Å². The van der Waals surface area contributed by atoms with Crippen LogP contribution in [0.4, 0.5) is 5.69 Å². The van der Waals surface area contributed by atoms with Crippen molar-refractivity contribution in [2.75, 3.05) is 31.0 Å². The van der Waals surface area contributed by atoms with Gasteiger partial charge in [0.2, 0.25) is 0 Å². The molecule has 1 rings (SSSR count). The molecule has 0 fully saturated rings. The van der Waals surface area contributed by atoms with E-state index < -0.39 is 5.97 Å². The van der Waals surface area contributed by atoms with E-state index in [4.69, 9.17) is 10.5 Å². The Morgan fingerprint density at radius 3 is 2.82 bits per heavy atom. The zero-order valence-electron chi connectivity index (χ0n) is 10.1. The summed E-state index contributed by atoms with van der Waals surface area (Å²) < 4.78 is 10.1. The van der Waals surface area contributed by atoms with Crippen LogP contribution in [0.25, 0.3) is 0 Å². The predicted octanol–water partition coefficient (Wildman–Crippen LogP) is 2.19. The van der Waals surface area contributed by atoms with E-state index in [1.54, 1.807) is 30.0 Å². The fourth-order valence-corrected chi connectivity index (χ4v) is 1.77. The molecule has 0 saturated carbocycles. The fraction of sp³-hybridized carbons (Fsp3) is 0.417. The highest BCUT2D eigenvalue weighted by atomic mass is 32.2. The van der Waals surface area contributed by atoms with Crippen molar-refractivity contribution in [3.05, 3.63) is 23.8 Å². The molecule has 0 aromatic heterocycles. The number of nitrogen functional groups attached to an aromatic ring is 1. The van der Waals surface area contributed by atoms with Crippen molar-refractivity contribution in [2.45, 2.75) is 6.92 Å². The van der Waals surface area contributed by atoms with Crippen LogP contribution in [0, 0.1) is 0 Å². The molecule has 5 heteroatoms. The fourth-order valence-electron chi connectivity index (χ4n) is 1.28. The van der Waals surface area contributed by atoms with Gasteiger partial charge in [0.25, 0.3) is 0 Å². The first-order valence-electron chi connectivity index (χ1n) is 5.37. The van der Waals surface area contributed by atoms with Crippen LogP contribution in [-0.4, -0.2) is 31.2 Å². The Kier molecular flexibility index (Phi) is 5.69. The zero-order chi connectivity index (χ0) is 12.7. The van der Waals surface area contributed by atoms with E-state index in [2.05, 4.69) is 11.7 Å². The second-order valence-corrected chi connectivity index (χ2v) is 4.68. The number of ether oxygens (including phenoxy) is 2. The molecule has 0 aliphatic heterocycles. The first-order chi connectivity index (χ1) is 8.19. The van der Waals surface area contributed by atoms with Gasteiger partial charge < -0.3 is 15.2 Å². The Balaban J connectivity index is 2.60. The Hall–Kier alpha value is -1.36. The molecule has 94 valence electrons. The quantitative estimate of drug-likeness (QED) is 0.479. The van der Waals surface area contributed by atoms with E-state index in [-0.39, 0.29) is 0 Å². The molecule has 0 bridgehead atoms. The Bertz CT molecular complexity index is 382. The third-order valence-electron chi connectivity index (χ3n) is 2.12. The van der Waals surface area contributed by atoms with Gasteiger partial charge in [0.15, 0.2) is 0 Å². The third-order valence-corrected chi connectivity index (χ3v) is 2.98. The summed E-state index contributed by atoms with van der Waals surface area (Å²) in [7, 11) is 1.34. The molecular weight excluding hydrogens is 238 g/mol. The Morgan fingerprint density at radius 1 is 1.47 bits per heavy atom. The topological polar surface area (TPSA) is 61.5 Å². The number of anilines is 1. The van der Waals surface area contributed by atoms with Gasteiger partial charge in [-0.05, 0) is 24.0 Å². The van der Waals surface area contributed by atoms with Gasteiger partial charge >= 0.3 is 5.97 Å². The summed E-state index contributed by atoms with van der Waals surface area (Å²) in [6, 6.07) is 4.90. The number of benzene rings is 1. The summed E-state index contributed by atoms with van der Waals surface area (Å²) in [5.74, 6) is 2.20. The monoisotopic (exact) mass is 255 g/mol. The van der Waals surface area contributed by atoms with Crippen LogP contribution in [-0.2, 0) is 4.74 Å². The predicted molar refractivity (Wildman–Crippen MR) is 70.7 cm³/mol. The van der Waals surface area contributed by atoms with E-state index in [1.807, 2.05) is 0 Å². The summed E-state index contributed by atoms with van der Waals surface area (Å²) in [6.07, 6.45) is 0. The lowest BCUT2D eigenvalue weighted by atomic mass is 10.2. The maximum Gasteiger partial charge on any atom is 0.337 e. The SMILES string of the molecule is CCSCCOc1ccc(C(=O)OC)cc1N. The summed E-state index contributed by atoms with van der Waals surface area (Å²) in [4.78, 5) is 11.3. The highest BCUT2D eigenvalue weighted by Gasteiger charge is 2.08. The number of carbonyl (C=O) groups is 1. The van der Waals surface area contributed by atoms with Crippen molar-refractivity contribution in [1.82, 2.24) is 0 Å². The number of thioether (sulfide) groups is 1. The smallest absolute Gasteiger partial charge is 0.337 e. The second kappa shape index (κ2) is 7.06. The lowest BCUT2D eigenvalue weighted by molar-refractivity contribution is 0.0601. The van der Waals surface area contributed by atoms with E-state index in [1.165, 1.54) is 7.11 Å². The van der Waals surface area contributed by atoms with E-state index in [0.717, 1.165) is 11.5 Å². The van der Waals surface area contributed by atoms with Crippen LogP contribution >= 0.6 is 11.8 Å². The van der Waals surface area contributed by atoms with Gasteiger partial charge in [-0.1, -0.05) is 6.92 Å². The zero-order valence-corrected chi connectivity index (χ0v) is 10.9. The lowest BCUT2D eigenvalue weighted by Gasteiger charge is -2.09. The molecule has 4 nitrogen and oxygen atoms in total. The maximum absolute atomic E-state index is 11.3. The number of nitrogens with two attached hydrogens (primary N) is 1. The van der Waals surface area contributed by atoms with Crippen LogP contribution < -0.4 is 10.5 Å². The summed E-state index contributed by atoms with van der Waals surface area (Å²) in [5, 5.41) is 0. The standard InChI is InChI=1S/C12H17NO3S/c1-3-17-7-6-16-11-5-4-9(8-10(11)13)12(14)15-2/h4-5,8H,3,6-7,13H2,1-2H3. The molecule has 0 heterocycles. The first-order valence-corrected chi connectivity index (χ1v) is 6.53. The van der Waals surface area contributed by atoms with Crippen molar-refractivity contribution in [2.24, 2.45) is 0 Å². The van der Waals surface area contributed by atoms with E-state index in [9.17, 15) is 4.79 Å². The molecular formula is C12H17NO3S. The van der Waals surface area contributed by atoms with Crippen LogP contribution in [0.1, 0.15) is 17.3 Å². The molecule has 0 spiro atoms. The van der Waals surface area contributed by atoms with Crippen molar-refractivity contribution in [3.8, 4) is 5.75 Å². The second-order valence-electron chi connectivity index (χ2n) is 3.29. The number of methoxy groups -OCH3 is 1. The number of hydrogen-bond acceptors (Lipinski definition) is 5. The van der Waals surface area contributed by atoms with E-state index in [0.29, 0.717) is 23.6 Å². The molecule has 0 aliphatic carbocycles. The number of esters is 1. The number of hydrogen-bond donors (Lipinski definition) is 1. The molecule has 0 amide bonds. The molecule has 17 heavy (non-hydrogen) atoms. The highest BCUT2D eigenvalue weighted by Crippen LogP contribution is 2.23. The summed E-state index contributed by atoms with van der Waals surface area (Å²) >= 11 is 1.80. The molecule has 0 unspecified atom stereocenters. The van der Waals surface area contributed by atoms with Crippen LogP contribution in [0.3, 0.4) is 0 Å².